The summed E-state index contributed by atoms with van der Waals surface area (Å²) in [5.74, 6) is 0. The molecule has 0 atom stereocenters. The molecule has 2 aromatic rings. The van der Waals surface area contributed by atoms with E-state index >= 15 is 0 Å². The predicted molar refractivity (Wildman–Crippen MR) is 72.6 cm³/mol. The Hall–Kier alpha value is -1.39. The molecule has 0 saturated carbocycles. The van der Waals surface area contributed by atoms with Crippen LogP contribution in [0.4, 0.5) is 0 Å². The molecule has 18 heavy (non-hydrogen) atoms. The molecule has 0 fully saturated rings. The highest BCUT2D eigenvalue weighted by molar-refractivity contribution is 5.41. The first-order valence-corrected chi connectivity index (χ1v) is 6.51. The molecular formula is C14H21N3O. The fraction of sp³-hybridized carbons (Fsp3) is 0.500. The summed E-state index contributed by atoms with van der Waals surface area (Å²) >= 11 is 0. The number of rotatable bonds is 6. The lowest BCUT2D eigenvalue weighted by Crippen LogP contribution is -2.27. The molecule has 0 bridgehead atoms. The smallest absolute Gasteiger partial charge is 0.137 e. The minimum absolute atomic E-state index is 0.201. The number of aromatic nitrogens is 2. The standard InChI is InChI=1S/C14H21N3O/c1-3-7-16(8-9-18)10-13-11-17-12(2)5-4-6-14(17)15-13/h4-6,11,18H,3,7-10H2,1-2H3. The molecule has 2 rings (SSSR count). The first kappa shape index (κ1) is 13.1. The maximum Gasteiger partial charge on any atom is 0.137 e. The van der Waals surface area contributed by atoms with Crippen molar-refractivity contribution in [1.82, 2.24) is 14.3 Å². The van der Waals surface area contributed by atoms with E-state index in [1.54, 1.807) is 0 Å². The van der Waals surface area contributed by atoms with Crippen LogP contribution in [0.5, 0.6) is 0 Å². The SMILES string of the molecule is CCCN(CCO)Cc1cn2c(C)cccc2n1. The van der Waals surface area contributed by atoms with Crippen LogP contribution < -0.4 is 0 Å². The molecule has 0 amide bonds. The number of nitrogens with zero attached hydrogens (tertiary/aromatic N) is 3. The first-order chi connectivity index (χ1) is 8.74. The Balaban J connectivity index is 2.17. The van der Waals surface area contributed by atoms with Crippen molar-refractivity contribution in [3.8, 4) is 0 Å². The lowest BCUT2D eigenvalue weighted by molar-refractivity contribution is 0.189. The molecule has 0 aliphatic carbocycles. The zero-order valence-corrected chi connectivity index (χ0v) is 11.1. The fourth-order valence-corrected chi connectivity index (χ4v) is 2.23. The van der Waals surface area contributed by atoms with Gasteiger partial charge in [-0.05, 0) is 32.0 Å². The summed E-state index contributed by atoms with van der Waals surface area (Å²) < 4.78 is 2.11. The number of fused-ring (bicyclic) bond motifs is 1. The van der Waals surface area contributed by atoms with Gasteiger partial charge in [-0.25, -0.2) is 4.98 Å². The van der Waals surface area contributed by atoms with Crippen molar-refractivity contribution in [3.63, 3.8) is 0 Å². The second kappa shape index (κ2) is 5.98. The van der Waals surface area contributed by atoms with Crippen molar-refractivity contribution in [2.75, 3.05) is 19.7 Å². The lowest BCUT2D eigenvalue weighted by Gasteiger charge is -2.18. The molecule has 98 valence electrons. The summed E-state index contributed by atoms with van der Waals surface area (Å²) in [4.78, 5) is 6.85. The van der Waals surface area contributed by atoms with Crippen LogP contribution in [0.3, 0.4) is 0 Å². The maximum atomic E-state index is 9.06. The molecule has 2 heterocycles. The minimum Gasteiger partial charge on any atom is -0.395 e. The second-order valence-electron chi connectivity index (χ2n) is 4.63. The quantitative estimate of drug-likeness (QED) is 0.847. The average Bonchev–Trinajstić information content (AvgIpc) is 2.74. The van der Waals surface area contributed by atoms with Crippen LogP contribution in [0.2, 0.25) is 0 Å². The molecule has 1 N–H and O–H groups in total. The van der Waals surface area contributed by atoms with Gasteiger partial charge in [-0.2, -0.15) is 0 Å². The van der Waals surface area contributed by atoms with Crippen LogP contribution in [-0.4, -0.2) is 39.1 Å². The largest absolute Gasteiger partial charge is 0.395 e. The summed E-state index contributed by atoms with van der Waals surface area (Å²) in [5.41, 5.74) is 3.24. The average molecular weight is 247 g/mol. The van der Waals surface area contributed by atoms with Gasteiger partial charge in [0.05, 0.1) is 12.3 Å². The third-order valence-electron chi connectivity index (χ3n) is 3.09. The number of hydrogen-bond acceptors (Lipinski definition) is 3. The molecule has 0 spiro atoms. The van der Waals surface area contributed by atoms with Gasteiger partial charge in [0.1, 0.15) is 5.65 Å². The Morgan fingerprint density at radius 3 is 2.83 bits per heavy atom. The second-order valence-corrected chi connectivity index (χ2v) is 4.63. The molecule has 0 unspecified atom stereocenters. The highest BCUT2D eigenvalue weighted by Gasteiger charge is 2.08. The summed E-state index contributed by atoms with van der Waals surface area (Å²) in [6.07, 6.45) is 3.18. The number of imidazole rings is 1. The van der Waals surface area contributed by atoms with E-state index in [0.29, 0.717) is 6.54 Å². The Morgan fingerprint density at radius 1 is 1.33 bits per heavy atom. The van der Waals surface area contributed by atoms with Crippen LogP contribution in [0, 0.1) is 6.92 Å². The highest BCUT2D eigenvalue weighted by atomic mass is 16.3. The Bertz CT molecular complexity index is 501. The zero-order valence-electron chi connectivity index (χ0n) is 11.1. The molecule has 0 saturated heterocycles. The number of aliphatic hydroxyl groups is 1. The molecule has 0 aliphatic heterocycles. The minimum atomic E-state index is 0.201. The topological polar surface area (TPSA) is 40.8 Å². The van der Waals surface area contributed by atoms with E-state index in [0.717, 1.165) is 30.9 Å². The Morgan fingerprint density at radius 2 is 2.17 bits per heavy atom. The van der Waals surface area contributed by atoms with Crippen LogP contribution in [0.1, 0.15) is 24.7 Å². The summed E-state index contributed by atoms with van der Waals surface area (Å²) in [5, 5.41) is 9.06. The van der Waals surface area contributed by atoms with Gasteiger partial charge in [-0.15, -0.1) is 0 Å². The highest BCUT2D eigenvalue weighted by Crippen LogP contribution is 2.10. The molecule has 0 aliphatic rings. The molecule has 0 aromatic carbocycles. The molecule has 2 aromatic heterocycles. The zero-order chi connectivity index (χ0) is 13.0. The van der Waals surface area contributed by atoms with Crippen LogP contribution in [0.25, 0.3) is 5.65 Å². The van der Waals surface area contributed by atoms with Crippen molar-refractivity contribution in [3.05, 3.63) is 35.8 Å². The van der Waals surface area contributed by atoms with Crippen molar-refractivity contribution < 1.29 is 5.11 Å². The van der Waals surface area contributed by atoms with E-state index in [9.17, 15) is 0 Å². The van der Waals surface area contributed by atoms with Gasteiger partial charge in [-0.3, -0.25) is 4.90 Å². The Labute approximate surface area is 108 Å². The van der Waals surface area contributed by atoms with Crippen molar-refractivity contribution in [2.45, 2.75) is 26.8 Å². The molecule has 4 nitrogen and oxygen atoms in total. The maximum absolute atomic E-state index is 9.06. The van der Waals surface area contributed by atoms with Gasteiger partial charge in [-0.1, -0.05) is 13.0 Å². The van der Waals surface area contributed by atoms with E-state index in [-0.39, 0.29) is 6.61 Å². The van der Waals surface area contributed by atoms with Gasteiger partial charge in [0.25, 0.3) is 0 Å². The van der Waals surface area contributed by atoms with Crippen molar-refractivity contribution >= 4 is 5.65 Å². The van der Waals surface area contributed by atoms with E-state index in [2.05, 4.69) is 40.4 Å². The number of aryl methyl sites for hydroxylation is 1. The van der Waals surface area contributed by atoms with E-state index in [1.165, 1.54) is 5.69 Å². The summed E-state index contributed by atoms with van der Waals surface area (Å²) in [7, 11) is 0. The van der Waals surface area contributed by atoms with Gasteiger partial charge in [0.2, 0.25) is 0 Å². The molecule has 0 radical (unpaired) electrons. The first-order valence-electron chi connectivity index (χ1n) is 6.51. The van der Waals surface area contributed by atoms with E-state index < -0.39 is 0 Å². The molecular weight excluding hydrogens is 226 g/mol. The normalized spacial score (nSPS) is 11.6. The summed E-state index contributed by atoms with van der Waals surface area (Å²) in [6.45, 7) is 6.93. The third-order valence-corrected chi connectivity index (χ3v) is 3.09. The summed E-state index contributed by atoms with van der Waals surface area (Å²) in [6, 6.07) is 6.13. The number of pyridine rings is 1. The van der Waals surface area contributed by atoms with Crippen molar-refractivity contribution in [1.29, 1.82) is 0 Å². The number of hydrogen-bond donors (Lipinski definition) is 1. The van der Waals surface area contributed by atoms with Gasteiger partial charge in [0.15, 0.2) is 0 Å². The van der Waals surface area contributed by atoms with Gasteiger partial charge < -0.3 is 9.51 Å². The van der Waals surface area contributed by atoms with E-state index in [1.807, 2.05) is 12.1 Å². The fourth-order valence-electron chi connectivity index (χ4n) is 2.23. The van der Waals surface area contributed by atoms with Gasteiger partial charge in [0, 0.05) is 25.0 Å². The monoisotopic (exact) mass is 247 g/mol. The van der Waals surface area contributed by atoms with E-state index in [4.69, 9.17) is 5.11 Å². The Kier molecular flexibility index (Phi) is 4.33. The van der Waals surface area contributed by atoms with Crippen LogP contribution in [-0.2, 0) is 6.54 Å². The third kappa shape index (κ3) is 2.89. The number of aliphatic hydroxyl groups excluding tert-OH is 1. The lowest BCUT2D eigenvalue weighted by atomic mass is 10.3. The van der Waals surface area contributed by atoms with Gasteiger partial charge >= 0.3 is 0 Å². The van der Waals surface area contributed by atoms with Crippen LogP contribution >= 0.6 is 0 Å². The predicted octanol–water partition coefficient (Wildman–Crippen LogP) is 1.85. The molecule has 4 heteroatoms. The van der Waals surface area contributed by atoms with Crippen LogP contribution in [0.15, 0.2) is 24.4 Å². The van der Waals surface area contributed by atoms with Crippen molar-refractivity contribution in [2.24, 2.45) is 0 Å².